The molecular formula is C17H28N2O. The number of hydrogen-bond acceptors (Lipinski definition) is 2. The molecular weight excluding hydrogens is 248 g/mol. The van der Waals surface area contributed by atoms with Crippen LogP contribution in [0.4, 0.5) is 0 Å². The minimum absolute atomic E-state index is 0.157. The highest BCUT2D eigenvalue weighted by Crippen LogP contribution is 2.43. The summed E-state index contributed by atoms with van der Waals surface area (Å²) in [5, 5.41) is 3.86. The van der Waals surface area contributed by atoms with Gasteiger partial charge in [-0.25, -0.2) is 0 Å². The average molecular weight is 276 g/mol. The van der Waals surface area contributed by atoms with Gasteiger partial charge in [0.25, 0.3) is 0 Å². The Kier molecular flexibility index (Phi) is 3.29. The molecule has 4 fully saturated rings. The van der Waals surface area contributed by atoms with Gasteiger partial charge in [-0.2, -0.15) is 0 Å². The summed E-state index contributed by atoms with van der Waals surface area (Å²) in [5.41, 5.74) is -0.157. The Bertz CT molecular complexity index is 376. The van der Waals surface area contributed by atoms with Gasteiger partial charge in [-0.3, -0.25) is 10.1 Å². The largest absolute Gasteiger partial charge is 0.322 e. The van der Waals surface area contributed by atoms with E-state index in [2.05, 4.69) is 10.2 Å². The summed E-state index contributed by atoms with van der Waals surface area (Å²) in [6.45, 7) is 0. The molecule has 20 heavy (non-hydrogen) atoms. The molecule has 1 unspecified atom stereocenters. The van der Waals surface area contributed by atoms with Gasteiger partial charge in [0, 0.05) is 6.04 Å². The molecule has 1 atom stereocenters. The molecule has 3 saturated carbocycles. The summed E-state index contributed by atoms with van der Waals surface area (Å²) >= 11 is 0. The van der Waals surface area contributed by atoms with Gasteiger partial charge in [-0.05, 0) is 44.4 Å². The zero-order chi connectivity index (χ0) is 13.6. The highest BCUT2D eigenvalue weighted by molar-refractivity contribution is 5.89. The van der Waals surface area contributed by atoms with E-state index >= 15 is 0 Å². The maximum atomic E-state index is 13.1. The maximum Gasteiger partial charge on any atom is 0.244 e. The van der Waals surface area contributed by atoms with Gasteiger partial charge < -0.3 is 4.90 Å². The molecule has 4 rings (SSSR count). The summed E-state index contributed by atoms with van der Waals surface area (Å²) in [5.74, 6) is 1.19. The van der Waals surface area contributed by atoms with Crippen molar-refractivity contribution in [3.8, 4) is 0 Å². The van der Waals surface area contributed by atoms with Crippen molar-refractivity contribution in [3.05, 3.63) is 0 Å². The maximum absolute atomic E-state index is 13.1. The van der Waals surface area contributed by atoms with Crippen molar-refractivity contribution in [2.24, 2.45) is 5.92 Å². The molecule has 1 amide bonds. The van der Waals surface area contributed by atoms with E-state index in [0.717, 1.165) is 18.8 Å². The number of carbonyl (C=O) groups excluding carboxylic acids is 1. The van der Waals surface area contributed by atoms with Crippen LogP contribution in [-0.4, -0.2) is 28.6 Å². The van der Waals surface area contributed by atoms with E-state index in [1.54, 1.807) is 0 Å². The first kappa shape index (κ1) is 13.1. The minimum atomic E-state index is -0.157. The van der Waals surface area contributed by atoms with Gasteiger partial charge >= 0.3 is 0 Å². The van der Waals surface area contributed by atoms with Crippen molar-refractivity contribution in [1.29, 1.82) is 0 Å². The topological polar surface area (TPSA) is 32.3 Å². The average Bonchev–Trinajstić information content (AvgIpc) is 3.21. The van der Waals surface area contributed by atoms with Gasteiger partial charge in [0.05, 0.1) is 11.7 Å². The fraction of sp³-hybridized carbons (Fsp3) is 0.941. The summed E-state index contributed by atoms with van der Waals surface area (Å²) in [4.78, 5) is 15.5. The molecule has 112 valence electrons. The zero-order valence-electron chi connectivity index (χ0n) is 12.6. The summed E-state index contributed by atoms with van der Waals surface area (Å²) in [6.07, 6.45) is 15.5. The predicted octanol–water partition coefficient (Wildman–Crippen LogP) is 3.19. The van der Waals surface area contributed by atoms with Crippen LogP contribution in [0.15, 0.2) is 0 Å². The highest BCUT2D eigenvalue weighted by Gasteiger charge is 2.55. The number of nitrogens with zero attached hydrogens (tertiary/aromatic N) is 1. The second kappa shape index (κ2) is 5.01. The molecule has 1 saturated heterocycles. The molecule has 0 bridgehead atoms. The third-order valence-electron chi connectivity index (χ3n) is 6.39. The number of amides is 1. The molecule has 1 N–H and O–H groups in total. The lowest BCUT2D eigenvalue weighted by atomic mass is 9.97. The van der Waals surface area contributed by atoms with E-state index in [-0.39, 0.29) is 5.54 Å². The van der Waals surface area contributed by atoms with Crippen LogP contribution >= 0.6 is 0 Å². The van der Waals surface area contributed by atoms with Crippen LogP contribution < -0.4 is 5.32 Å². The van der Waals surface area contributed by atoms with E-state index in [1.807, 2.05) is 0 Å². The Morgan fingerprint density at radius 1 is 0.900 bits per heavy atom. The first-order valence-electron chi connectivity index (χ1n) is 8.91. The molecule has 0 aromatic heterocycles. The molecule has 0 aromatic carbocycles. The summed E-state index contributed by atoms with van der Waals surface area (Å²) in [6, 6.07) is 0.542. The Balaban J connectivity index is 1.62. The molecule has 0 radical (unpaired) electrons. The predicted molar refractivity (Wildman–Crippen MR) is 79.2 cm³/mol. The van der Waals surface area contributed by atoms with Crippen LogP contribution in [0, 0.1) is 5.92 Å². The fourth-order valence-electron chi connectivity index (χ4n) is 5.32. The van der Waals surface area contributed by atoms with Crippen molar-refractivity contribution >= 4 is 5.91 Å². The third kappa shape index (κ3) is 1.93. The van der Waals surface area contributed by atoms with Crippen molar-refractivity contribution in [2.45, 2.75) is 94.8 Å². The van der Waals surface area contributed by atoms with Crippen LogP contribution in [0.1, 0.15) is 77.0 Å². The Hall–Kier alpha value is -0.570. The monoisotopic (exact) mass is 276 g/mol. The minimum Gasteiger partial charge on any atom is -0.322 e. The SMILES string of the molecule is O=C1N(C2CCCC2)C(C2CCCC2)NC12CCCC2. The number of carbonyl (C=O) groups is 1. The highest BCUT2D eigenvalue weighted by atomic mass is 16.2. The van der Waals surface area contributed by atoms with Crippen molar-refractivity contribution in [3.63, 3.8) is 0 Å². The lowest BCUT2D eigenvalue weighted by molar-refractivity contribution is -0.135. The van der Waals surface area contributed by atoms with Crippen LogP contribution in [0.2, 0.25) is 0 Å². The van der Waals surface area contributed by atoms with Crippen LogP contribution in [0.25, 0.3) is 0 Å². The molecule has 1 spiro atoms. The third-order valence-corrected chi connectivity index (χ3v) is 6.39. The second-order valence-corrected chi connectivity index (χ2v) is 7.57. The van der Waals surface area contributed by atoms with E-state index in [4.69, 9.17) is 0 Å². The zero-order valence-corrected chi connectivity index (χ0v) is 12.6. The van der Waals surface area contributed by atoms with Gasteiger partial charge in [-0.15, -0.1) is 0 Å². The van der Waals surface area contributed by atoms with Crippen LogP contribution in [0.3, 0.4) is 0 Å². The van der Waals surface area contributed by atoms with Crippen LogP contribution in [-0.2, 0) is 4.79 Å². The van der Waals surface area contributed by atoms with Crippen molar-refractivity contribution in [2.75, 3.05) is 0 Å². The first-order chi connectivity index (χ1) is 9.80. The van der Waals surface area contributed by atoms with E-state index in [9.17, 15) is 4.79 Å². The van der Waals surface area contributed by atoms with Crippen molar-refractivity contribution in [1.82, 2.24) is 10.2 Å². The summed E-state index contributed by atoms with van der Waals surface area (Å²) < 4.78 is 0. The quantitative estimate of drug-likeness (QED) is 0.840. The molecule has 3 heteroatoms. The number of hydrogen-bond donors (Lipinski definition) is 1. The Morgan fingerprint density at radius 3 is 2.15 bits per heavy atom. The standard InChI is InChI=1S/C17H28N2O/c20-16-17(11-5-6-12-17)18-15(13-7-1-2-8-13)19(16)14-9-3-4-10-14/h13-15,18H,1-12H2. The van der Waals surface area contributed by atoms with Gasteiger partial charge in [-0.1, -0.05) is 38.5 Å². The summed E-state index contributed by atoms with van der Waals surface area (Å²) in [7, 11) is 0. The normalized spacial score (nSPS) is 34.9. The van der Waals surface area contributed by atoms with Crippen molar-refractivity contribution < 1.29 is 4.79 Å². The lowest BCUT2D eigenvalue weighted by Gasteiger charge is -2.33. The Labute approximate surface area is 122 Å². The smallest absolute Gasteiger partial charge is 0.244 e. The van der Waals surface area contributed by atoms with E-state index in [1.165, 1.54) is 64.2 Å². The Morgan fingerprint density at radius 2 is 1.50 bits per heavy atom. The molecule has 3 aliphatic carbocycles. The van der Waals surface area contributed by atoms with E-state index in [0.29, 0.717) is 18.1 Å². The molecule has 0 aromatic rings. The second-order valence-electron chi connectivity index (χ2n) is 7.57. The number of rotatable bonds is 2. The first-order valence-corrected chi connectivity index (χ1v) is 8.91. The van der Waals surface area contributed by atoms with Gasteiger partial charge in [0.2, 0.25) is 5.91 Å². The fourth-order valence-corrected chi connectivity index (χ4v) is 5.32. The van der Waals surface area contributed by atoms with Crippen LogP contribution in [0.5, 0.6) is 0 Å². The molecule has 1 aliphatic heterocycles. The molecule has 4 aliphatic rings. The molecule has 1 heterocycles. The van der Waals surface area contributed by atoms with Gasteiger partial charge in [0.15, 0.2) is 0 Å². The lowest BCUT2D eigenvalue weighted by Crippen LogP contribution is -2.47. The molecule has 3 nitrogen and oxygen atoms in total. The van der Waals surface area contributed by atoms with E-state index < -0.39 is 0 Å². The van der Waals surface area contributed by atoms with Gasteiger partial charge in [0.1, 0.15) is 0 Å². The number of nitrogens with one attached hydrogen (secondary N) is 1.